The van der Waals surface area contributed by atoms with E-state index < -0.39 is 0 Å². The lowest BCUT2D eigenvalue weighted by atomic mass is 9.71. The van der Waals surface area contributed by atoms with Crippen LogP contribution in [0.4, 0.5) is 4.39 Å². The zero-order chi connectivity index (χ0) is 16.2. The van der Waals surface area contributed by atoms with E-state index in [1.54, 1.807) is 19.4 Å². The third-order valence-corrected chi connectivity index (χ3v) is 5.20. The molecule has 1 aliphatic carbocycles. The molecule has 3 atom stereocenters. The summed E-state index contributed by atoms with van der Waals surface area (Å²) in [6.45, 7) is 3.19. The predicted octanol–water partition coefficient (Wildman–Crippen LogP) is 5.32. The van der Waals surface area contributed by atoms with Gasteiger partial charge >= 0.3 is 0 Å². The first-order chi connectivity index (χ1) is 11.2. The largest absolute Gasteiger partial charge is 0.385 e. The van der Waals surface area contributed by atoms with Crippen molar-refractivity contribution in [3.63, 3.8) is 0 Å². The van der Waals surface area contributed by atoms with Crippen molar-refractivity contribution in [2.75, 3.05) is 13.7 Å². The Morgan fingerprint density at radius 2 is 2.09 bits per heavy atom. The van der Waals surface area contributed by atoms with Gasteiger partial charge in [-0.05, 0) is 67.6 Å². The number of pyridine rings is 1. The van der Waals surface area contributed by atoms with E-state index in [-0.39, 0.29) is 5.82 Å². The molecular weight excluding hydrogens is 289 g/mol. The summed E-state index contributed by atoms with van der Waals surface area (Å²) in [5, 5.41) is 0.988. The molecular formula is C20H26FNO. The predicted molar refractivity (Wildman–Crippen MR) is 92.1 cm³/mol. The monoisotopic (exact) mass is 315 g/mol. The molecule has 1 aliphatic rings. The summed E-state index contributed by atoms with van der Waals surface area (Å²) in [6, 6.07) is 7.49. The SMILES string of the molecule is COCCC[C@@H]1C[C@H](C)C[C@H](c2ccc(F)c3ncccc23)C1. The topological polar surface area (TPSA) is 22.1 Å². The highest BCUT2D eigenvalue weighted by molar-refractivity contribution is 5.83. The van der Waals surface area contributed by atoms with E-state index >= 15 is 0 Å². The molecule has 0 N–H and O–H groups in total. The smallest absolute Gasteiger partial charge is 0.149 e. The Bertz CT molecular complexity index is 657. The lowest BCUT2D eigenvalue weighted by Crippen LogP contribution is -2.21. The average Bonchev–Trinajstić information content (AvgIpc) is 2.55. The fraction of sp³-hybridized carbons (Fsp3) is 0.550. The van der Waals surface area contributed by atoms with Gasteiger partial charge in [0.2, 0.25) is 0 Å². The van der Waals surface area contributed by atoms with Gasteiger partial charge in [0.25, 0.3) is 0 Å². The van der Waals surface area contributed by atoms with Gasteiger partial charge < -0.3 is 4.74 Å². The number of fused-ring (bicyclic) bond motifs is 1. The van der Waals surface area contributed by atoms with E-state index in [4.69, 9.17) is 4.74 Å². The van der Waals surface area contributed by atoms with Crippen molar-refractivity contribution in [1.82, 2.24) is 4.98 Å². The molecule has 0 amide bonds. The minimum absolute atomic E-state index is 0.218. The maximum Gasteiger partial charge on any atom is 0.149 e. The van der Waals surface area contributed by atoms with Crippen molar-refractivity contribution in [2.24, 2.45) is 11.8 Å². The highest BCUT2D eigenvalue weighted by Gasteiger charge is 2.28. The number of hydrogen-bond donors (Lipinski definition) is 0. The molecule has 2 nitrogen and oxygen atoms in total. The van der Waals surface area contributed by atoms with Gasteiger partial charge in [0.05, 0.1) is 0 Å². The van der Waals surface area contributed by atoms with Crippen LogP contribution < -0.4 is 0 Å². The molecule has 23 heavy (non-hydrogen) atoms. The average molecular weight is 315 g/mol. The molecule has 0 saturated heterocycles. The van der Waals surface area contributed by atoms with Gasteiger partial charge in [0, 0.05) is 25.3 Å². The van der Waals surface area contributed by atoms with Crippen LogP contribution in [0, 0.1) is 17.7 Å². The van der Waals surface area contributed by atoms with Crippen molar-refractivity contribution >= 4 is 10.9 Å². The number of nitrogens with zero attached hydrogens (tertiary/aromatic N) is 1. The molecule has 1 aromatic heterocycles. The third kappa shape index (κ3) is 3.72. The molecule has 0 radical (unpaired) electrons. The van der Waals surface area contributed by atoms with Crippen molar-refractivity contribution in [2.45, 2.75) is 44.9 Å². The Hall–Kier alpha value is -1.48. The highest BCUT2D eigenvalue weighted by atomic mass is 19.1. The highest BCUT2D eigenvalue weighted by Crippen LogP contribution is 2.43. The minimum atomic E-state index is -0.218. The van der Waals surface area contributed by atoms with Crippen LogP contribution in [0.1, 0.15) is 50.5 Å². The van der Waals surface area contributed by atoms with Crippen molar-refractivity contribution in [1.29, 1.82) is 0 Å². The van der Waals surface area contributed by atoms with E-state index in [1.807, 2.05) is 18.2 Å². The van der Waals surface area contributed by atoms with E-state index in [1.165, 1.54) is 31.2 Å². The minimum Gasteiger partial charge on any atom is -0.385 e. The molecule has 3 rings (SSSR count). The first kappa shape index (κ1) is 16.4. The first-order valence-electron chi connectivity index (χ1n) is 8.71. The zero-order valence-electron chi connectivity index (χ0n) is 14.1. The zero-order valence-corrected chi connectivity index (χ0v) is 14.1. The van der Waals surface area contributed by atoms with Crippen LogP contribution in [-0.4, -0.2) is 18.7 Å². The van der Waals surface area contributed by atoms with Gasteiger partial charge in [-0.15, -0.1) is 0 Å². The van der Waals surface area contributed by atoms with E-state index in [9.17, 15) is 4.39 Å². The molecule has 1 aromatic carbocycles. The number of hydrogen-bond acceptors (Lipinski definition) is 2. The molecule has 0 spiro atoms. The van der Waals surface area contributed by atoms with Crippen LogP contribution in [0.2, 0.25) is 0 Å². The second-order valence-corrected chi connectivity index (χ2v) is 7.05. The number of halogens is 1. The Morgan fingerprint density at radius 1 is 1.22 bits per heavy atom. The third-order valence-electron chi connectivity index (χ3n) is 5.20. The lowest BCUT2D eigenvalue weighted by Gasteiger charge is -2.34. The molecule has 1 saturated carbocycles. The first-order valence-corrected chi connectivity index (χ1v) is 8.71. The van der Waals surface area contributed by atoms with Crippen molar-refractivity contribution < 1.29 is 9.13 Å². The summed E-state index contributed by atoms with van der Waals surface area (Å²) in [5.41, 5.74) is 1.79. The van der Waals surface area contributed by atoms with Crippen LogP contribution in [0.15, 0.2) is 30.5 Å². The van der Waals surface area contributed by atoms with E-state index in [2.05, 4.69) is 11.9 Å². The maximum atomic E-state index is 14.0. The van der Waals surface area contributed by atoms with Crippen molar-refractivity contribution in [3.05, 3.63) is 41.8 Å². The second kappa shape index (κ2) is 7.39. The number of ether oxygens (including phenoxy) is 1. The fourth-order valence-corrected chi connectivity index (χ4v) is 4.27. The van der Waals surface area contributed by atoms with Gasteiger partial charge in [-0.1, -0.05) is 19.1 Å². The van der Waals surface area contributed by atoms with Gasteiger partial charge in [-0.25, -0.2) is 4.39 Å². The summed E-state index contributed by atoms with van der Waals surface area (Å²) in [6.07, 6.45) is 7.72. The van der Waals surface area contributed by atoms with Gasteiger partial charge in [0.15, 0.2) is 0 Å². The summed E-state index contributed by atoms with van der Waals surface area (Å²) in [4.78, 5) is 4.24. The molecule has 1 fully saturated rings. The Kier molecular flexibility index (Phi) is 5.27. The second-order valence-electron chi connectivity index (χ2n) is 7.05. The molecule has 0 aliphatic heterocycles. The fourth-order valence-electron chi connectivity index (χ4n) is 4.27. The Morgan fingerprint density at radius 3 is 2.91 bits per heavy atom. The molecule has 3 heteroatoms. The van der Waals surface area contributed by atoms with E-state index in [0.29, 0.717) is 11.4 Å². The van der Waals surface area contributed by atoms with E-state index in [0.717, 1.165) is 30.2 Å². The van der Waals surface area contributed by atoms with Crippen molar-refractivity contribution in [3.8, 4) is 0 Å². The normalized spacial score (nSPS) is 24.9. The molecule has 2 aromatic rings. The quantitative estimate of drug-likeness (QED) is 0.697. The summed E-state index contributed by atoms with van der Waals surface area (Å²) in [7, 11) is 1.77. The number of benzene rings is 1. The van der Waals surface area contributed by atoms with Crippen LogP contribution >= 0.6 is 0 Å². The van der Waals surface area contributed by atoms with Crippen LogP contribution in [0.5, 0.6) is 0 Å². The van der Waals surface area contributed by atoms with Gasteiger partial charge in [-0.3, -0.25) is 4.98 Å². The maximum absolute atomic E-state index is 14.0. The van der Waals surface area contributed by atoms with Crippen LogP contribution in [0.25, 0.3) is 10.9 Å². The van der Waals surface area contributed by atoms with Crippen LogP contribution in [0.3, 0.4) is 0 Å². The number of methoxy groups -OCH3 is 1. The molecule has 0 bridgehead atoms. The standard InChI is InChI=1S/C20H26FNO/c1-14-11-15(5-4-10-23-2)13-16(12-14)17-7-8-19(21)20-18(17)6-3-9-22-20/h3,6-9,14-16H,4-5,10-13H2,1-2H3/t14-,15+,16-/m0/s1. The summed E-state index contributed by atoms with van der Waals surface area (Å²) >= 11 is 0. The summed E-state index contributed by atoms with van der Waals surface area (Å²) < 4.78 is 19.2. The molecule has 1 heterocycles. The van der Waals surface area contributed by atoms with Gasteiger partial charge in [0.1, 0.15) is 11.3 Å². The Balaban J connectivity index is 1.84. The molecule has 0 unspecified atom stereocenters. The van der Waals surface area contributed by atoms with Gasteiger partial charge in [-0.2, -0.15) is 0 Å². The van der Waals surface area contributed by atoms with Crippen LogP contribution in [-0.2, 0) is 4.74 Å². The number of aromatic nitrogens is 1. The Labute approximate surface area is 138 Å². The summed E-state index contributed by atoms with van der Waals surface area (Å²) in [5.74, 6) is 1.76. The number of rotatable bonds is 5. The molecule has 124 valence electrons. The lowest BCUT2D eigenvalue weighted by molar-refractivity contribution is 0.172.